The minimum atomic E-state index is 0.136. The molecule has 1 aromatic rings. The summed E-state index contributed by atoms with van der Waals surface area (Å²) in [7, 11) is 0. The molecule has 0 amide bonds. The summed E-state index contributed by atoms with van der Waals surface area (Å²) in [5, 5.41) is 0. The van der Waals surface area contributed by atoms with Crippen molar-refractivity contribution in [1.82, 2.24) is 0 Å². The molecule has 1 aliphatic carbocycles. The van der Waals surface area contributed by atoms with Crippen LogP contribution in [-0.2, 0) is 0 Å². The SMILES string of the molecule is Cc1ccccc1N1C(N)=NCC12CCCCCCC2. The van der Waals surface area contributed by atoms with Crippen LogP contribution in [0.1, 0.15) is 50.5 Å². The molecule has 108 valence electrons. The molecule has 3 nitrogen and oxygen atoms in total. The molecule has 1 spiro atoms. The molecule has 2 N–H and O–H groups in total. The topological polar surface area (TPSA) is 41.6 Å². The van der Waals surface area contributed by atoms with Crippen molar-refractivity contribution in [2.45, 2.75) is 57.4 Å². The summed E-state index contributed by atoms with van der Waals surface area (Å²) < 4.78 is 0. The first-order valence-electron chi connectivity index (χ1n) is 7.89. The maximum atomic E-state index is 6.25. The van der Waals surface area contributed by atoms with Gasteiger partial charge in [0, 0.05) is 5.69 Å². The molecular formula is C17H25N3. The van der Waals surface area contributed by atoms with Gasteiger partial charge in [0.05, 0.1) is 12.1 Å². The molecule has 1 saturated carbocycles. The van der Waals surface area contributed by atoms with Gasteiger partial charge >= 0.3 is 0 Å². The minimum Gasteiger partial charge on any atom is -0.369 e. The quantitative estimate of drug-likeness (QED) is 0.847. The standard InChI is InChI=1S/C17H25N3/c1-14-9-5-6-10-15(14)20-16(18)19-13-17(20)11-7-3-2-4-8-12-17/h5-6,9-10H,2-4,7-8,11-13H2,1H3,(H2,18,19). The highest BCUT2D eigenvalue weighted by atomic mass is 15.4. The molecule has 1 aromatic carbocycles. The van der Waals surface area contributed by atoms with Crippen molar-refractivity contribution in [2.24, 2.45) is 10.7 Å². The predicted molar refractivity (Wildman–Crippen MR) is 85.2 cm³/mol. The van der Waals surface area contributed by atoms with Crippen molar-refractivity contribution in [3.05, 3.63) is 29.8 Å². The first-order chi connectivity index (χ1) is 9.73. The summed E-state index contributed by atoms with van der Waals surface area (Å²) >= 11 is 0. The van der Waals surface area contributed by atoms with Gasteiger partial charge in [-0.05, 0) is 31.4 Å². The largest absolute Gasteiger partial charge is 0.369 e. The van der Waals surface area contributed by atoms with Crippen LogP contribution in [-0.4, -0.2) is 18.0 Å². The molecule has 2 aliphatic rings. The van der Waals surface area contributed by atoms with Crippen molar-refractivity contribution in [3.8, 4) is 0 Å². The van der Waals surface area contributed by atoms with Crippen LogP contribution in [0.15, 0.2) is 29.3 Å². The summed E-state index contributed by atoms with van der Waals surface area (Å²) in [4.78, 5) is 6.95. The molecule has 0 atom stereocenters. The predicted octanol–water partition coefficient (Wildman–Crippen LogP) is 3.61. The van der Waals surface area contributed by atoms with E-state index in [-0.39, 0.29) is 5.54 Å². The van der Waals surface area contributed by atoms with E-state index in [0.717, 1.165) is 6.54 Å². The maximum absolute atomic E-state index is 6.25. The molecule has 20 heavy (non-hydrogen) atoms. The van der Waals surface area contributed by atoms with E-state index in [0.29, 0.717) is 5.96 Å². The van der Waals surface area contributed by atoms with Gasteiger partial charge < -0.3 is 10.6 Å². The van der Waals surface area contributed by atoms with E-state index in [1.807, 2.05) is 0 Å². The fourth-order valence-corrected chi connectivity index (χ4v) is 3.75. The number of benzene rings is 1. The summed E-state index contributed by atoms with van der Waals surface area (Å²) in [6, 6.07) is 8.54. The van der Waals surface area contributed by atoms with E-state index >= 15 is 0 Å². The first-order valence-corrected chi connectivity index (χ1v) is 7.89. The number of hydrogen-bond acceptors (Lipinski definition) is 3. The monoisotopic (exact) mass is 271 g/mol. The average Bonchev–Trinajstić information content (AvgIpc) is 2.73. The van der Waals surface area contributed by atoms with Gasteiger partial charge in [0.1, 0.15) is 0 Å². The van der Waals surface area contributed by atoms with Gasteiger partial charge in [-0.1, -0.05) is 50.3 Å². The number of nitrogens with zero attached hydrogens (tertiary/aromatic N) is 2. The number of rotatable bonds is 1. The van der Waals surface area contributed by atoms with Gasteiger partial charge in [0.2, 0.25) is 0 Å². The third-order valence-electron chi connectivity index (χ3n) is 4.88. The Kier molecular flexibility index (Phi) is 3.68. The van der Waals surface area contributed by atoms with Gasteiger partial charge in [-0.3, -0.25) is 4.99 Å². The van der Waals surface area contributed by atoms with Crippen LogP contribution in [0.4, 0.5) is 5.69 Å². The molecule has 3 rings (SSSR count). The van der Waals surface area contributed by atoms with Gasteiger partial charge in [-0.15, -0.1) is 0 Å². The highest BCUT2D eigenvalue weighted by Gasteiger charge is 2.42. The highest BCUT2D eigenvalue weighted by molar-refractivity contribution is 5.99. The molecule has 3 heteroatoms. The Hall–Kier alpha value is -1.51. The van der Waals surface area contributed by atoms with Crippen molar-refractivity contribution in [1.29, 1.82) is 0 Å². The number of nitrogens with two attached hydrogens (primary N) is 1. The molecular weight excluding hydrogens is 246 g/mol. The number of guanidine groups is 1. The van der Waals surface area contributed by atoms with Crippen molar-refractivity contribution < 1.29 is 0 Å². The molecule has 0 radical (unpaired) electrons. The van der Waals surface area contributed by atoms with E-state index < -0.39 is 0 Å². The Bertz CT molecular complexity index is 499. The summed E-state index contributed by atoms with van der Waals surface area (Å²) in [5.74, 6) is 0.708. The Labute approximate surface area is 121 Å². The van der Waals surface area contributed by atoms with E-state index in [1.165, 1.54) is 56.2 Å². The van der Waals surface area contributed by atoms with Crippen molar-refractivity contribution >= 4 is 11.6 Å². The second-order valence-electron chi connectivity index (χ2n) is 6.29. The molecule has 0 aromatic heterocycles. The third-order valence-corrected chi connectivity index (χ3v) is 4.88. The average molecular weight is 271 g/mol. The lowest BCUT2D eigenvalue weighted by Gasteiger charge is -2.41. The van der Waals surface area contributed by atoms with Gasteiger partial charge in [-0.2, -0.15) is 0 Å². The number of aryl methyl sites for hydroxylation is 1. The summed E-state index contributed by atoms with van der Waals surface area (Å²) in [6.07, 6.45) is 9.11. The van der Waals surface area contributed by atoms with Gasteiger partial charge in [0.15, 0.2) is 5.96 Å². The maximum Gasteiger partial charge on any atom is 0.196 e. The van der Waals surface area contributed by atoms with Crippen LogP contribution in [0.25, 0.3) is 0 Å². The normalized spacial score (nSPS) is 22.4. The Balaban J connectivity index is 1.96. The summed E-state index contributed by atoms with van der Waals surface area (Å²) in [5.41, 5.74) is 8.92. The fourth-order valence-electron chi connectivity index (χ4n) is 3.75. The second kappa shape index (κ2) is 5.47. The van der Waals surface area contributed by atoms with Crippen LogP contribution in [0, 0.1) is 6.92 Å². The molecule has 0 bridgehead atoms. The minimum absolute atomic E-state index is 0.136. The van der Waals surface area contributed by atoms with E-state index in [1.54, 1.807) is 0 Å². The molecule has 0 unspecified atom stereocenters. The first kappa shape index (κ1) is 13.5. The zero-order valence-electron chi connectivity index (χ0n) is 12.4. The zero-order chi connectivity index (χ0) is 14.0. The smallest absolute Gasteiger partial charge is 0.196 e. The van der Waals surface area contributed by atoms with Crippen LogP contribution < -0.4 is 10.6 Å². The Morgan fingerprint density at radius 3 is 2.40 bits per heavy atom. The second-order valence-corrected chi connectivity index (χ2v) is 6.29. The number of para-hydroxylation sites is 1. The fraction of sp³-hybridized carbons (Fsp3) is 0.588. The van der Waals surface area contributed by atoms with E-state index in [9.17, 15) is 0 Å². The van der Waals surface area contributed by atoms with Crippen LogP contribution in [0.2, 0.25) is 0 Å². The lowest BCUT2D eigenvalue weighted by atomic mass is 9.82. The zero-order valence-corrected chi connectivity index (χ0v) is 12.4. The molecule has 1 fully saturated rings. The number of anilines is 1. The van der Waals surface area contributed by atoms with E-state index in [4.69, 9.17) is 5.73 Å². The lowest BCUT2D eigenvalue weighted by molar-refractivity contribution is 0.337. The van der Waals surface area contributed by atoms with Crippen LogP contribution in [0.3, 0.4) is 0 Å². The highest BCUT2D eigenvalue weighted by Crippen LogP contribution is 2.39. The molecule has 0 saturated heterocycles. The molecule has 1 heterocycles. The molecule has 1 aliphatic heterocycles. The van der Waals surface area contributed by atoms with E-state index in [2.05, 4.69) is 41.1 Å². The van der Waals surface area contributed by atoms with Crippen LogP contribution >= 0.6 is 0 Å². The lowest BCUT2D eigenvalue weighted by Crippen LogP contribution is -2.52. The Morgan fingerprint density at radius 1 is 1.05 bits per heavy atom. The Morgan fingerprint density at radius 2 is 1.70 bits per heavy atom. The third kappa shape index (κ3) is 2.30. The summed E-state index contributed by atoms with van der Waals surface area (Å²) in [6.45, 7) is 3.03. The number of aliphatic imine (C=N–C) groups is 1. The number of hydrogen-bond donors (Lipinski definition) is 1. The van der Waals surface area contributed by atoms with Gasteiger partial charge in [0.25, 0.3) is 0 Å². The van der Waals surface area contributed by atoms with Crippen molar-refractivity contribution in [3.63, 3.8) is 0 Å². The van der Waals surface area contributed by atoms with Crippen molar-refractivity contribution in [2.75, 3.05) is 11.4 Å². The van der Waals surface area contributed by atoms with Gasteiger partial charge in [-0.25, -0.2) is 0 Å². The van der Waals surface area contributed by atoms with Crippen LogP contribution in [0.5, 0.6) is 0 Å².